The Morgan fingerprint density at radius 2 is 1.43 bits per heavy atom. The number of halogens is 1. The van der Waals surface area contributed by atoms with Crippen LogP contribution < -0.4 is 34.9 Å². The average molecular weight is 665 g/mol. The van der Waals surface area contributed by atoms with E-state index in [9.17, 15) is 17.8 Å². The minimum absolute atomic E-state index is 0. The fourth-order valence-corrected chi connectivity index (χ4v) is 5.56. The number of rotatable bonds is 10. The van der Waals surface area contributed by atoms with Crippen molar-refractivity contribution in [3.8, 4) is 22.5 Å². The summed E-state index contributed by atoms with van der Waals surface area (Å²) < 4.78 is 38.4. The number of hydrogen-bond donors (Lipinski definition) is 1. The van der Waals surface area contributed by atoms with E-state index >= 15 is 0 Å². The van der Waals surface area contributed by atoms with E-state index in [0.717, 1.165) is 33.5 Å². The second-order valence-corrected chi connectivity index (χ2v) is 14.0. The molecule has 1 atom stereocenters. The van der Waals surface area contributed by atoms with Crippen molar-refractivity contribution in [2.45, 2.75) is 38.5 Å². The summed E-state index contributed by atoms with van der Waals surface area (Å²) >= 11 is 6.04. The predicted molar refractivity (Wildman–Crippen MR) is 176 cm³/mol. The molecule has 0 aliphatic carbocycles. The molecule has 46 heavy (non-hydrogen) atoms. The van der Waals surface area contributed by atoms with Crippen molar-refractivity contribution < 1.29 is 51.8 Å². The largest absolute Gasteiger partial charge is 1.00 e. The average Bonchev–Trinajstić information content (AvgIpc) is 3.50. The summed E-state index contributed by atoms with van der Waals surface area (Å²) in [4.78, 5) is 12.4. The molecule has 5 rings (SSSR count). The van der Waals surface area contributed by atoms with Gasteiger partial charge in [-0.3, -0.25) is 4.79 Å². The van der Waals surface area contributed by atoms with Crippen molar-refractivity contribution in [2.24, 2.45) is 0 Å². The summed E-state index contributed by atoms with van der Waals surface area (Å²) in [6.07, 6.45) is 0.604. The maximum atomic E-state index is 12.4. The molecular weight excluding hydrogens is 631 g/mol. The Hall–Kier alpha value is -3.24. The van der Waals surface area contributed by atoms with E-state index in [1.807, 2.05) is 66.7 Å². The maximum Gasteiger partial charge on any atom is 1.00 e. The second kappa shape index (κ2) is 15.1. The van der Waals surface area contributed by atoms with Gasteiger partial charge in [-0.25, -0.2) is 8.42 Å². The molecule has 0 aliphatic rings. The molecule has 0 spiro atoms. The van der Waals surface area contributed by atoms with Crippen LogP contribution in [0.15, 0.2) is 108 Å². The Bertz CT molecular complexity index is 1870. The number of nitrogens with zero attached hydrogens (tertiary/aromatic N) is 1. The minimum atomic E-state index is -4.40. The third-order valence-electron chi connectivity index (χ3n) is 7.71. The molecule has 1 heterocycles. The smallest absolute Gasteiger partial charge is 0.748 e. The molecule has 232 valence electrons. The Kier molecular flexibility index (Phi) is 11.7. The van der Waals surface area contributed by atoms with Crippen LogP contribution in [0.5, 0.6) is 0 Å². The van der Waals surface area contributed by atoms with Gasteiger partial charge in [-0.2, -0.15) is 0 Å². The Balaban J connectivity index is 0.00000480. The number of hydrogen-bond acceptors (Lipinski definition) is 6. The van der Waals surface area contributed by atoms with Crippen molar-refractivity contribution >= 4 is 27.6 Å². The first-order chi connectivity index (χ1) is 21.4. The summed E-state index contributed by atoms with van der Waals surface area (Å²) in [5, 5.41) is 7.66. The normalized spacial score (nSPS) is 12.3. The van der Waals surface area contributed by atoms with Crippen molar-refractivity contribution in [3.05, 3.63) is 136 Å². The number of amides is 1. The Morgan fingerprint density at radius 1 is 0.870 bits per heavy atom. The van der Waals surface area contributed by atoms with Crippen LogP contribution in [0.2, 0.25) is 5.02 Å². The zero-order valence-electron chi connectivity index (χ0n) is 26.3. The fraction of sp³-hybridized carbons (Fsp3) is 0.222. The number of aromatic nitrogens is 1. The third-order valence-corrected chi connectivity index (χ3v) is 8.66. The van der Waals surface area contributed by atoms with Gasteiger partial charge in [-0.05, 0) is 63.9 Å². The summed E-state index contributed by atoms with van der Waals surface area (Å²) in [5.74, 6) is -0.552. The fourth-order valence-electron chi connectivity index (χ4n) is 5.09. The molecular formula is C36H34ClN2NaO5S. The molecule has 5 aromatic rings. The van der Waals surface area contributed by atoms with Crippen LogP contribution in [-0.4, -0.2) is 36.3 Å². The molecule has 0 saturated heterocycles. The number of carbonyl (C=O) groups is 1. The van der Waals surface area contributed by atoms with Gasteiger partial charge >= 0.3 is 29.6 Å². The van der Waals surface area contributed by atoms with Crippen LogP contribution in [0.25, 0.3) is 22.5 Å². The van der Waals surface area contributed by atoms with Crippen molar-refractivity contribution in [1.29, 1.82) is 0 Å². The van der Waals surface area contributed by atoms with Gasteiger partial charge in [0.05, 0.1) is 21.6 Å². The van der Waals surface area contributed by atoms with Gasteiger partial charge in [0.1, 0.15) is 0 Å². The van der Waals surface area contributed by atoms with Crippen LogP contribution in [0.1, 0.15) is 59.4 Å². The second-order valence-electron chi connectivity index (χ2n) is 12.0. The quantitative estimate of drug-likeness (QED) is 0.172. The zero-order valence-corrected chi connectivity index (χ0v) is 29.9. The van der Waals surface area contributed by atoms with Crippen LogP contribution in [-0.2, 0) is 22.0 Å². The molecule has 0 aliphatic heterocycles. The Labute approximate surface area is 297 Å². The molecule has 10 heteroatoms. The SMILES string of the molecule is CC(C)(C)c1ccc(C(Cc2ccc(C(=O)NCCS(=O)(=O)[O-])cc2)c2cc(-c3ccc(-c4ccc(Cl)cc4)cc3)on2)cc1.[Na+]. The minimum Gasteiger partial charge on any atom is -0.748 e. The number of nitrogens with one attached hydrogen (secondary N) is 1. The predicted octanol–water partition coefficient (Wildman–Crippen LogP) is 4.61. The first-order valence-electron chi connectivity index (χ1n) is 14.6. The van der Waals surface area contributed by atoms with Crippen molar-refractivity contribution in [1.82, 2.24) is 10.5 Å². The van der Waals surface area contributed by atoms with Gasteiger partial charge in [-0.15, -0.1) is 0 Å². The topological polar surface area (TPSA) is 112 Å². The molecule has 0 radical (unpaired) electrons. The molecule has 0 fully saturated rings. The van der Waals surface area contributed by atoms with Gasteiger partial charge in [-0.1, -0.05) is 110 Å². The van der Waals surface area contributed by atoms with Crippen LogP contribution in [0.4, 0.5) is 0 Å². The zero-order chi connectivity index (χ0) is 32.2. The van der Waals surface area contributed by atoms with Gasteiger partial charge in [0.2, 0.25) is 0 Å². The molecule has 0 saturated carbocycles. The van der Waals surface area contributed by atoms with E-state index in [4.69, 9.17) is 16.1 Å². The molecule has 1 N–H and O–H groups in total. The summed E-state index contributed by atoms with van der Waals surface area (Å²) in [6.45, 7) is 6.30. The molecule has 4 aromatic carbocycles. The van der Waals surface area contributed by atoms with E-state index in [-0.39, 0.29) is 47.4 Å². The van der Waals surface area contributed by atoms with E-state index in [1.54, 1.807) is 12.1 Å². The van der Waals surface area contributed by atoms with Gasteiger partial charge < -0.3 is 14.4 Å². The van der Waals surface area contributed by atoms with E-state index < -0.39 is 21.8 Å². The molecule has 7 nitrogen and oxygen atoms in total. The molecule has 1 amide bonds. The van der Waals surface area contributed by atoms with Gasteiger partial charge in [0.25, 0.3) is 5.91 Å². The monoisotopic (exact) mass is 664 g/mol. The van der Waals surface area contributed by atoms with E-state index in [2.05, 4.69) is 55.5 Å². The standard InChI is InChI=1S/C36H35ClN2O5S.Na/c1-36(2,3)30-16-12-27(13-17-30)32(22-24-4-6-29(7-5-24)35(40)38-20-21-45(41,42)43)33-23-34(44-39-33)28-10-8-25(9-11-28)26-14-18-31(37)19-15-26;/h4-19,23,32H,20-22H2,1-3H3,(H,38,40)(H,41,42,43);/q;+1/p-1. The molecule has 0 bridgehead atoms. The summed E-state index contributed by atoms with van der Waals surface area (Å²) in [5.41, 5.74) is 7.52. The van der Waals surface area contributed by atoms with Crippen LogP contribution in [0, 0.1) is 0 Å². The van der Waals surface area contributed by atoms with E-state index in [1.165, 1.54) is 5.56 Å². The van der Waals surface area contributed by atoms with Gasteiger partial charge in [0.15, 0.2) is 5.76 Å². The maximum absolute atomic E-state index is 12.4. The van der Waals surface area contributed by atoms with Crippen LogP contribution in [0.3, 0.4) is 0 Å². The third kappa shape index (κ3) is 9.41. The summed E-state index contributed by atoms with van der Waals surface area (Å²) in [6, 6.07) is 33.5. The molecule has 1 aromatic heterocycles. The summed E-state index contributed by atoms with van der Waals surface area (Å²) in [7, 11) is -4.40. The molecule has 1 unspecified atom stereocenters. The van der Waals surface area contributed by atoms with Gasteiger partial charge in [0, 0.05) is 34.7 Å². The first kappa shape index (κ1) is 35.6. The van der Waals surface area contributed by atoms with Crippen molar-refractivity contribution in [3.63, 3.8) is 0 Å². The number of benzene rings is 4. The number of carbonyl (C=O) groups excluding carboxylic acids is 1. The van der Waals surface area contributed by atoms with E-state index in [0.29, 0.717) is 22.8 Å². The van der Waals surface area contributed by atoms with Crippen molar-refractivity contribution in [2.75, 3.05) is 12.3 Å². The Morgan fingerprint density at radius 3 is 2.00 bits per heavy atom. The van der Waals surface area contributed by atoms with Crippen LogP contribution >= 0.6 is 11.6 Å². The first-order valence-corrected chi connectivity index (χ1v) is 16.6.